The van der Waals surface area contributed by atoms with Crippen LogP contribution in [-0.2, 0) is 23.2 Å². The zero-order valence-corrected chi connectivity index (χ0v) is 27.8. The van der Waals surface area contributed by atoms with Crippen LogP contribution in [0.15, 0.2) is 57.9 Å². The van der Waals surface area contributed by atoms with E-state index in [2.05, 4.69) is 72.8 Å². The van der Waals surface area contributed by atoms with Crippen molar-refractivity contribution in [3.8, 4) is 5.75 Å². The first-order valence-electron chi connectivity index (χ1n) is 15.9. The zero-order chi connectivity index (χ0) is 32.4. The molecule has 3 saturated heterocycles. The van der Waals surface area contributed by atoms with Gasteiger partial charge in [-0.15, -0.1) is 0 Å². The number of amides is 2. The number of hydrogen-bond acceptors (Lipinski definition) is 8. The molecule has 6 rings (SSSR count). The number of benzene rings is 2. The van der Waals surface area contributed by atoms with Crippen LogP contribution in [-0.4, -0.2) is 76.8 Å². The van der Waals surface area contributed by atoms with E-state index >= 15 is 0 Å². The Labute approximate surface area is 276 Å². The summed E-state index contributed by atoms with van der Waals surface area (Å²) in [5.74, 6) is -0.985. The second kappa shape index (κ2) is 14.0. The van der Waals surface area contributed by atoms with Crippen molar-refractivity contribution >= 4 is 33.4 Å². The van der Waals surface area contributed by atoms with E-state index in [9.17, 15) is 18.8 Å². The molecule has 0 spiro atoms. The lowest BCUT2D eigenvalue weighted by molar-refractivity contribution is -0.134. The van der Waals surface area contributed by atoms with Gasteiger partial charge in [0.05, 0.1) is 17.8 Å². The third-order valence-electron chi connectivity index (χ3n) is 9.35. The highest BCUT2D eigenvalue weighted by Gasteiger charge is 2.31. The summed E-state index contributed by atoms with van der Waals surface area (Å²) in [6.45, 7) is 4.51. The van der Waals surface area contributed by atoms with E-state index in [1.165, 1.54) is 21.9 Å². The molecule has 3 aliphatic heterocycles. The quantitative estimate of drug-likeness (QED) is 0.339. The van der Waals surface area contributed by atoms with Crippen LogP contribution in [0.4, 0.5) is 10.1 Å². The summed E-state index contributed by atoms with van der Waals surface area (Å²) < 4.78 is 22.6. The van der Waals surface area contributed by atoms with Crippen molar-refractivity contribution in [1.82, 2.24) is 24.9 Å². The van der Waals surface area contributed by atoms with Crippen LogP contribution in [0.2, 0.25) is 0 Å². The van der Waals surface area contributed by atoms with E-state index in [4.69, 9.17) is 4.74 Å². The highest BCUT2D eigenvalue weighted by atomic mass is 79.9. The maximum atomic E-state index is 14.6. The molecule has 3 aliphatic rings. The van der Waals surface area contributed by atoms with Gasteiger partial charge in [0.25, 0.3) is 5.56 Å². The maximum Gasteiger partial charge on any atom is 0.282 e. The SMILES string of the molecule is CN1C[C@H](Nc2cnn(C)c(=O)c2Br)C[C@H](c2ccc(CN3CCC(Oc4ccc(F)c(C5CCC(=O)NC5=O)c4)CC3)cc2)C1. The van der Waals surface area contributed by atoms with Crippen LogP contribution >= 0.6 is 15.9 Å². The summed E-state index contributed by atoms with van der Waals surface area (Å²) in [7, 11) is 3.77. The van der Waals surface area contributed by atoms with Gasteiger partial charge >= 0.3 is 0 Å². The largest absolute Gasteiger partial charge is 0.490 e. The van der Waals surface area contributed by atoms with Gasteiger partial charge in [0.2, 0.25) is 11.8 Å². The normalized spacial score (nSPS) is 23.3. The Morgan fingerprint density at radius 1 is 1.04 bits per heavy atom. The van der Waals surface area contributed by atoms with Crippen LogP contribution in [0, 0.1) is 5.82 Å². The fraction of sp³-hybridized carbons (Fsp3) is 0.471. The van der Waals surface area contributed by atoms with E-state index in [0.717, 1.165) is 57.7 Å². The monoisotopic (exact) mass is 694 g/mol. The first kappa shape index (κ1) is 32.3. The molecular weight excluding hydrogens is 655 g/mol. The van der Waals surface area contributed by atoms with Crippen LogP contribution < -0.4 is 20.9 Å². The van der Waals surface area contributed by atoms with Crippen LogP contribution in [0.25, 0.3) is 0 Å². The Kier molecular flexibility index (Phi) is 9.86. The number of halogens is 2. The highest BCUT2D eigenvalue weighted by molar-refractivity contribution is 9.10. The smallest absolute Gasteiger partial charge is 0.282 e. The van der Waals surface area contributed by atoms with Gasteiger partial charge in [-0.05, 0) is 83.9 Å². The minimum atomic E-state index is -0.683. The summed E-state index contributed by atoms with van der Waals surface area (Å²) >= 11 is 3.43. The van der Waals surface area contributed by atoms with Crippen LogP contribution in [0.3, 0.4) is 0 Å². The third kappa shape index (κ3) is 7.50. The maximum absolute atomic E-state index is 14.6. The Hall–Kier alpha value is -3.61. The lowest BCUT2D eigenvalue weighted by atomic mass is 9.87. The predicted molar refractivity (Wildman–Crippen MR) is 176 cm³/mol. The summed E-state index contributed by atoms with van der Waals surface area (Å²) in [5, 5.41) is 10.00. The van der Waals surface area contributed by atoms with E-state index in [1.54, 1.807) is 25.4 Å². The fourth-order valence-electron chi connectivity index (χ4n) is 6.88. The number of piperidine rings is 3. The first-order chi connectivity index (χ1) is 22.1. The second-order valence-corrected chi connectivity index (χ2v) is 13.6. The van der Waals surface area contributed by atoms with Crippen molar-refractivity contribution in [2.45, 2.75) is 62.6 Å². The van der Waals surface area contributed by atoms with Crippen molar-refractivity contribution in [2.24, 2.45) is 7.05 Å². The number of carbonyl (C=O) groups is 2. The standard InChI is InChI=1S/C34H40BrFN6O4/c1-40-19-23(15-24(20-40)38-30-17-37-41(2)34(45)32(30)35)22-5-3-21(4-6-22)18-42-13-11-25(12-14-42)46-26-7-9-29(36)28(16-26)27-8-10-31(43)39-33(27)44/h3-7,9,16-17,23-25,27,38H,8,10-15,18-20H2,1-2H3,(H,39,43,44)/t23-,24+,27?/m0/s1. The lowest BCUT2D eigenvalue weighted by Gasteiger charge is -2.37. The van der Waals surface area contributed by atoms with E-state index in [-0.39, 0.29) is 35.6 Å². The van der Waals surface area contributed by atoms with Gasteiger partial charge in [0.15, 0.2) is 0 Å². The summed E-state index contributed by atoms with van der Waals surface area (Å²) in [4.78, 5) is 40.9. The number of nitrogens with zero attached hydrogens (tertiary/aromatic N) is 4. The summed E-state index contributed by atoms with van der Waals surface area (Å²) in [6, 6.07) is 13.7. The van der Waals surface area contributed by atoms with Gasteiger partial charge in [-0.3, -0.25) is 24.6 Å². The molecule has 4 heterocycles. The number of ether oxygens (including phenoxy) is 1. The van der Waals surface area contributed by atoms with Crippen molar-refractivity contribution in [3.63, 3.8) is 0 Å². The molecule has 2 amide bonds. The Bertz CT molecular complexity index is 1640. The first-order valence-corrected chi connectivity index (χ1v) is 16.7. The third-order valence-corrected chi connectivity index (χ3v) is 10.1. The summed E-state index contributed by atoms with van der Waals surface area (Å²) in [6.07, 6.45) is 4.87. The average molecular weight is 696 g/mol. The molecule has 3 fully saturated rings. The number of hydrogen-bond donors (Lipinski definition) is 2. The zero-order valence-electron chi connectivity index (χ0n) is 26.2. The molecule has 1 unspecified atom stereocenters. The predicted octanol–water partition coefficient (Wildman–Crippen LogP) is 4.15. The number of nitrogens with one attached hydrogen (secondary N) is 2. The molecule has 10 nitrogen and oxygen atoms in total. The Balaban J connectivity index is 1.00. The molecule has 3 atom stereocenters. The van der Waals surface area contributed by atoms with Gasteiger partial charge in [0, 0.05) is 57.8 Å². The Morgan fingerprint density at radius 2 is 1.80 bits per heavy atom. The molecular formula is C34H40BrFN6O4. The fourth-order valence-corrected chi connectivity index (χ4v) is 7.35. The summed E-state index contributed by atoms with van der Waals surface area (Å²) in [5.41, 5.74) is 3.42. The van der Waals surface area contributed by atoms with Crippen LogP contribution in [0.1, 0.15) is 60.6 Å². The topological polar surface area (TPSA) is 109 Å². The number of aryl methyl sites for hydroxylation is 1. The molecule has 3 aromatic rings. The van der Waals surface area contributed by atoms with E-state index in [1.807, 2.05) is 0 Å². The highest BCUT2D eigenvalue weighted by Crippen LogP contribution is 2.32. The van der Waals surface area contributed by atoms with E-state index < -0.39 is 17.6 Å². The minimum Gasteiger partial charge on any atom is -0.490 e. The van der Waals surface area contributed by atoms with Crippen molar-refractivity contribution in [3.05, 3.63) is 86.0 Å². The van der Waals surface area contributed by atoms with Gasteiger partial charge in [0.1, 0.15) is 22.1 Å². The van der Waals surface area contributed by atoms with Crippen molar-refractivity contribution < 1.29 is 18.7 Å². The number of aromatic nitrogens is 2. The Morgan fingerprint density at radius 3 is 2.54 bits per heavy atom. The number of carbonyl (C=O) groups excluding carboxylic acids is 2. The minimum absolute atomic E-state index is 0.0128. The average Bonchev–Trinajstić information content (AvgIpc) is 3.03. The molecule has 0 saturated carbocycles. The van der Waals surface area contributed by atoms with Crippen molar-refractivity contribution in [2.75, 3.05) is 38.5 Å². The molecule has 2 N–H and O–H groups in total. The van der Waals surface area contributed by atoms with Gasteiger partial charge in [-0.25, -0.2) is 9.07 Å². The van der Waals surface area contributed by atoms with E-state index in [0.29, 0.717) is 22.6 Å². The molecule has 1 aromatic heterocycles. The molecule has 2 aromatic carbocycles. The van der Waals surface area contributed by atoms with Crippen LogP contribution in [0.5, 0.6) is 5.75 Å². The molecule has 46 heavy (non-hydrogen) atoms. The van der Waals surface area contributed by atoms with Crippen molar-refractivity contribution in [1.29, 1.82) is 0 Å². The number of likely N-dealkylation sites (N-methyl/N-ethyl adjacent to an activating group) is 1. The second-order valence-electron chi connectivity index (χ2n) is 12.8. The molecule has 0 radical (unpaired) electrons. The molecule has 0 bridgehead atoms. The molecule has 0 aliphatic carbocycles. The number of rotatable bonds is 8. The van der Waals surface area contributed by atoms with Gasteiger partial charge < -0.3 is 15.0 Å². The number of likely N-dealkylation sites (tertiary alicyclic amines) is 2. The number of imide groups is 1. The molecule has 244 valence electrons. The lowest BCUT2D eigenvalue weighted by Crippen LogP contribution is -2.43. The van der Waals surface area contributed by atoms with Gasteiger partial charge in [-0.1, -0.05) is 24.3 Å². The van der Waals surface area contributed by atoms with Gasteiger partial charge in [-0.2, -0.15) is 5.10 Å². The number of anilines is 1. The molecule has 12 heteroatoms.